The number of aromatic nitrogens is 2. The molecule has 36 heavy (non-hydrogen) atoms. The highest BCUT2D eigenvalue weighted by Crippen LogP contribution is 2.33. The van der Waals surface area contributed by atoms with Crippen molar-refractivity contribution in [2.75, 3.05) is 39.1 Å². The molecule has 0 fully saturated rings. The Hall–Kier alpha value is -4.51. The molecule has 1 aliphatic heterocycles. The van der Waals surface area contributed by atoms with E-state index in [9.17, 15) is 19.7 Å². The normalized spacial score (nSPS) is 12.6. The number of ether oxygens (including phenoxy) is 1. The maximum Gasteiger partial charge on any atom is 0.398 e. The average molecular weight is 491 g/mol. The number of anilines is 1. The zero-order valence-corrected chi connectivity index (χ0v) is 20.0. The number of carbonyl (C=O) groups is 2. The molecule has 0 radical (unpaired) electrons. The number of rotatable bonds is 9. The first-order valence-electron chi connectivity index (χ1n) is 11.3. The second kappa shape index (κ2) is 10.4. The van der Waals surface area contributed by atoms with Crippen LogP contribution in [0.15, 0.2) is 55.3 Å². The van der Waals surface area contributed by atoms with Crippen molar-refractivity contribution < 1.29 is 19.2 Å². The Kier molecular flexibility index (Phi) is 7.11. The van der Waals surface area contributed by atoms with Crippen LogP contribution in [0.2, 0.25) is 0 Å². The minimum Gasteiger partial charge on any atom is -0.490 e. The highest BCUT2D eigenvalue weighted by Gasteiger charge is 2.25. The summed E-state index contributed by atoms with van der Waals surface area (Å²) < 4.78 is 7.20. The molecule has 4 rings (SSSR count). The second-order valence-electron chi connectivity index (χ2n) is 8.47. The maximum absolute atomic E-state index is 12.1. The smallest absolute Gasteiger partial charge is 0.398 e. The van der Waals surface area contributed by atoms with Gasteiger partial charge in [0.2, 0.25) is 5.91 Å². The van der Waals surface area contributed by atoms with Crippen molar-refractivity contribution in [2.45, 2.75) is 6.42 Å². The molecule has 2 N–H and O–H groups in total. The van der Waals surface area contributed by atoms with E-state index in [1.165, 1.54) is 4.68 Å². The monoisotopic (exact) mass is 490 g/mol. The van der Waals surface area contributed by atoms with Crippen molar-refractivity contribution in [1.82, 2.24) is 20.0 Å². The summed E-state index contributed by atoms with van der Waals surface area (Å²) in [7, 11) is 3.85. The number of nitro groups is 1. The third-order valence-electron chi connectivity index (χ3n) is 5.68. The Morgan fingerprint density at radius 3 is 2.83 bits per heavy atom. The number of carbonyl (C=O) groups excluding carboxylic acids is 2. The van der Waals surface area contributed by atoms with Crippen molar-refractivity contribution in [2.24, 2.45) is 0 Å². The van der Waals surface area contributed by atoms with Crippen LogP contribution < -0.4 is 15.4 Å². The largest absolute Gasteiger partial charge is 0.490 e. The Balaban J connectivity index is 1.72. The van der Waals surface area contributed by atoms with Gasteiger partial charge < -0.3 is 30.4 Å². The molecule has 2 aromatic carbocycles. The molecule has 0 spiro atoms. The molecule has 0 aliphatic carbocycles. The molecule has 186 valence electrons. The predicted octanol–water partition coefficient (Wildman–Crippen LogP) is 2.80. The molecule has 11 heteroatoms. The molecule has 2 heterocycles. The highest BCUT2D eigenvalue weighted by molar-refractivity contribution is 6.00. The fourth-order valence-corrected chi connectivity index (χ4v) is 3.84. The van der Waals surface area contributed by atoms with Gasteiger partial charge in [0.15, 0.2) is 0 Å². The van der Waals surface area contributed by atoms with Crippen molar-refractivity contribution in [3.8, 4) is 22.6 Å². The third kappa shape index (κ3) is 5.26. The number of hydrogen-bond acceptors (Lipinski definition) is 7. The molecule has 0 bridgehead atoms. The summed E-state index contributed by atoms with van der Waals surface area (Å²) in [6.07, 6.45) is 3.34. The van der Waals surface area contributed by atoms with E-state index < -0.39 is 10.8 Å². The molecule has 0 unspecified atom stereocenters. The van der Waals surface area contributed by atoms with Crippen LogP contribution in [-0.2, 0) is 11.2 Å². The zero-order valence-electron chi connectivity index (χ0n) is 20.0. The van der Waals surface area contributed by atoms with Gasteiger partial charge in [-0.15, -0.1) is 4.68 Å². The van der Waals surface area contributed by atoms with Crippen LogP contribution >= 0.6 is 0 Å². The third-order valence-corrected chi connectivity index (χ3v) is 5.68. The lowest BCUT2D eigenvalue weighted by atomic mass is 9.96. The van der Waals surface area contributed by atoms with E-state index in [1.807, 2.05) is 19.0 Å². The first-order valence-corrected chi connectivity index (χ1v) is 11.3. The number of fused-ring (bicyclic) bond motifs is 1. The van der Waals surface area contributed by atoms with Gasteiger partial charge in [0.25, 0.3) is 5.91 Å². The maximum atomic E-state index is 12.1. The van der Waals surface area contributed by atoms with Gasteiger partial charge in [-0.2, -0.15) is 0 Å². The average Bonchev–Trinajstić information content (AvgIpc) is 3.30. The number of nitrogens with zero attached hydrogens (tertiary/aromatic N) is 4. The SMILES string of the molecule is C=CC(=O)Nc1cc(-n2cc(-c3ccc4c(c3)CCNC4=O)c([N+](=O)[O-])n2)ccc1OCCN(C)C. The highest BCUT2D eigenvalue weighted by atomic mass is 16.6. The van der Waals surface area contributed by atoms with Crippen molar-refractivity contribution in [3.05, 3.63) is 76.5 Å². The lowest BCUT2D eigenvalue weighted by molar-refractivity contribution is -0.389. The first kappa shape index (κ1) is 24.6. The van der Waals surface area contributed by atoms with E-state index in [-0.39, 0.29) is 11.7 Å². The van der Waals surface area contributed by atoms with E-state index in [2.05, 4.69) is 22.3 Å². The molecule has 0 atom stereocenters. The van der Waals surface area contributed by atoms with Crippen molar-refractivity contribution in [1.29, 1.82) is 0 Å². The molecule has 1 aromatic heterocycles. The number of benzene rings is 2. The molecule has 1 aliphatic rings. The molecule has 0 saturated carbocycles. The summed E-state index contributed by atoms with van der Waals surface area (Å²) >= 11 is 0. The van der Waals surface area contributed by atoms with Crippen LogP contribution in [0.1, 0.15) is 15.9 Å². The lowest BCUT2D eigenvalue weighted by Gasteiger charge is -2.16. The molecule has 3 aromatic rings. The molecular weight excluding hydrogens is 464 g/mol. The van der Waals surface area contributed by atoms with Gasteiger partial charge in [-0.05, 0) is 73.0 Å². The predicted molar refractivity (Wildman–Crippen MR) is 135 cm³/mol. The Bertz CT molecular complexity index is 1350. The first-order chi connectivity index (χ1) is 17.3. The van der Waals surface area contributed by atoms with Gasteiger partial charge in [-0.25, -0.2) is 0 Å². The summed E-state index contributed by atoms with van der Waals surface area (Å²) in [5.41, 5.74) is 3.16. The molecular formula is C25H26N6O5. The summed E-state index contributed by atoms with van der Waals surface area (Å²) in [4.78, 5) is 37.3. The quantitative estimate of drug-likeness (QED) is 0.268. The molecule has 11 nitrogen and oxygen atoms in total. The van der Waals surface area contributed by atoms with Gasteiger partial charge in [-0.3, -0.25) is 9.59 Å². The van der Waals surface area contributed by atoms with Crippen molar-refractivity contribution in [3.63, 3.8) is 0 Å². The van der Waals surface area contributed by atoms with Gasteiger partial charge >= 0.3 is 5.82 Å². The van der Waals surface area contributed by atoms with E-state index >= 15 is 0 Å². The van der Waals surface area contributed by atoms with E-state index in [1.54, 1.807) is 42.6 Å². The van der Waals surface area contributed by atoms with Crippen LogP contribution in [0.3, 0.4) is 0 Å². The minimum absolute atomic E-state index is 0.157. The van der Waals surface area contributed by atoms with Gasteiger partial charge in [0.05, 0.1) is 22.7 Å². The summed E-state index contributed by atoms with van der Waals surface area (Å²) in [6.45, 7) is 5.07. The standard InChI is InChI=1S/C25H26N6O5/c1-4-23(32)27-21-14-18(6-8-22(21)36-12-11-29(2)3)30-15-20(24(28-30)31(34)35)16-5-7-19-17(13-16)9-10-26-25(19)33/h4-8,13-15H,1,9-12H2,2-3H3,(H,26,33)(H,27,32). The summed E-state index contributed by atoms with van der Waals surface area (Å²) in [6, 6.07) is 10.1. The zero-order chi connectivity index (χ0) is 25.8. The van der Waals surface area contributed by atoms with Gasteiger partial charge in [0, 0.05) is 18.7 Å². The Labute approximate surface area is 207 Å². The number of amides is 2. The number of likely N-dealkylation sites (N-methyl/N-ethyl adjacent to an activating group) is 1. The lowest BCUT2D eigenvalue weighted by Crippen LogP contribution is -2.31. The molecule has 2 amide bonds. The Morgan fingerprint density at radius 2 is 2.11 bits per heavy atom. The number of hydrogen-bond donors (Lipinski definition) is 2. The van der Waals surface area contributed by atoms with E-state index in [0.29, 0.717) is 59.9 Å². The Morgan fingerprint density at radius 1 is 1.31 bits per heavy atom. The van der Waals surface area contributed by atoms with Crippen LogP contribution in [0.5, 0.6) is 5.75 Å². The fourth-order valence-electron chi connectivity index (χ4n) is 3.84. The van der Waals surface area contributed by atoms with Crippen LogP contribution in [0.25, 0.3) is 16.8 Å². The summed E-state index contributed by atoms with van der Waals surface area (Å²) in [5, 5.41) is 21.5. The van der Waals surface area contributed by atoms with E-state index in [0.717, 1.165) is 11.6 Å². The summed E-state index contributed by atoms with van der Waals surface area (Å²) in [5.74, 6) is -0.450. The minimum atomic E-state index is -0.545. The van der Waals surface area contributed by atoms with Gasteiger partial charge in [0.1, 0.15) is 17.9 Å². The topological polar surface area (TPSA) is 132 Å². The van der Waals surface area contributed by atoms with Crippen LogP contribution in [-0.4, -0.2) is 65.2 Å². The van der Waals surface area contributed by atoms with Crippen LogP contribution in [0, 0.1) is 10.1 Å². The van der Waals surface area contributed by atoms with Crippen LogP contribution in [0.4, 0.5) is 11.5 Å². The number of nitrogens with one attached hydrogen (secondary N) is 2. The van der Waals surface area contributed by atoms with E-state index in [4.69, 9.17) is 4.74 Å². The van der Waals surface area contributed by atoms with Crippen molar-refractivity contribution >= 4 is 23.3 Å². The van der Waals surface area contributed by atoms with Gasteiger partial charge in [-0.1, -0.05) is 12.6 Å². The fraction of sp³-hybridized carbons (Fsp3) is 0.240. The second-order valence-corrected chi connectivity index (χ2v) is 8.47. The molecule has 0 saturated heterocycles.